The van der Waals surface area contributed by atoms with Gasteiger partial charge in [-0.25, -0.2) is 8.42 Å². The molecule has 3 aromatic rings. The number of hydrogen-bond donors (Lipinski definition) is 2. The molecule has 1 unspecified atom stereocenters. The van der Waals surface area contributed by atoms with Gasteiger partial charge in [-0.15, -0.1) is 0 Å². The molecule has 1 heterocycles. The van der Waals surface area contributed by atoms with E-state index in [0.717, 1.165) is 17.0 Å². The van der Waals surface area contributed by atoms with Crippen LogP contribution in [-0.2, 0) is 14.8 Å². The summed E-state index contributed by atoms with van der Waals surface area (Å²) in [7, 11) is -3.80. The lowest BCUT2D eigenvalue weighted by Crippen LogP contribution is -2.25. The van der Waals surface area contributed by atoms with Crippen LogP contribution in [0.2, 0.25) is 5.02 Å². The van der Waals surface area contributed by atoms with Crippen molar-refractivity contribution in [2.24, 2.45) is 0 Å². The van der Waals surface area contributed by atoms with Crippen molar-refractivity contribution in [3.63, 3.8) is 0 Å². The van der Waals surface area contributed by atoms with Crippen LogP contribution in [0, 0.1) is 34.6 Å². The van der Waals surface area contributed by atoms with Crippen LogP contribution in [0.5, 0.6) is 0 Å². The van der Waals surface area contributed by atoms with Gasteiger partial charge in [-0.1, -0.05) is 29.3 Å². The van der Waals surface area contributed by atoms with E-state index in [1.54, 1.807) is 37.6 Å². The Morgan fingerprint density at radius 1 is 1.03 bits per heavy atom. The summed E-state index contributed by atoms with van der Waals surface area (Å²) >= 11 is 6.35. The van der Waals surface area contributed by atoms with Crippen LogP contribution in [0.15, 0.2) is 41.3 Å². The van der Waals surface area contributed by atoms with E-state index in [9.17, 15) is 13.2 Å². The monoisotopic (exact) mass is 474 g/mol. The molecule has 0 aliphatic rings. The quantitative estimate of drug-likeness (QED) is 0.521. The van der Waals surface area contributed by atoms with Crippen molar-refractivity contribution in [2.45, 2.75) is 52.5 Å². The molecule has 9 heteroatoms. The Labute approximate surface area is 193 Å². The third kappa shape index (κ3) is 4.97. The maximum atomic E-state index is 13.0. The topological polar surface area (TPSA) is 93.1 Å². The van der Waals surface area contributed by atoms with Gasteiger partial charge in [-0.2, -0.15) is 5.10 Å². The lowest BCUT2D eigenvalue weighted by molar-refractivity contribution is -0.119. The molecule has 0 aliphatic heterocycles. The SMILES string of the molecule is Cc1cc(C)c(S(=O)(=O)Nc2ccc(NC(=O)C(C)n3nc(C)cc3C)c(Cl)c2)c(C)c1. The van der Waals surface area contributed by atoms with Crippen molar-refractivity contribution in [3.8, 4) is 0 Å². The third-order valence-corrected chi connectivity index (χ3v) is 7.14. The van der Waals surface area contributed by atoms with E-state index in [4.69, 9.17) is 11.6 Å². The average molecular weight is 475 g/mol. The fraction of sp³-hybridized carbons (Fsp3) is 0.304. The van der Waals surface area contributed by atoms with Crippen molar-refractivity contribution in [1.82, 2.24) is 9.78 Å². The smallest absolute Gasteiger partial charge is 0.262 e. The number of halogens is 1. The number of anilines is 2. The summed E-state index contributed by atoms with van der Waals surface area (Å²) in [5.41, 5.74) is 4.73. The molecule has 0 saturated carbocycles. The molecule has 3 rings (SSSR count). The molecule has 0 spiro atoms. The molecule has 1 atom stereocenters. The normalized spacial score (nSPS) is 12.5. The lowest BCUT2D eigenvalue weighted by Gasteiger charge is -2.17. The number of rotatable bonds is 6. The number of sulfonamides is 1. The summed E-state index contributed by atoms with van der Waals surface area (Å²) in [6.07, 6.45) is 0. The molecule has 2 aromatic carbocycles. The number of carbonyl (C=O) groups excluding carboxylic acids is 1. The summed E-state index contributed by atoms with van der Waals surface area (Å²) in [6.45, 7) is 11.0. The van der Waals surface area contributed by atoms with Crippen LogP contribution in [-0.4, -0.2) is 24.1 Å². The van der Waals surface area contributed by atoms with Gasteiger partial charge in [0.25, 0.3) is 10.0 Å². The van der Waals surface area contributed by atoms with E-state index in [1.165, 1.54) is 6.07 Å². The van der Waals surface area contributed by atoms with Crippen LogP contribution in [0.1, 0.15) is 41.0 Å². The molecule has 0 fully saturated rings. The van der Waals surface area contributed by atoms with Crippen LogP contribution >= 0.6 is 11.6 Å². The molecule has 2 N–H and O–H groups in total. The zero-order valence-corrected chi connectivity index (χ0v) is 20.5. The van der Waals surface area contributed by atoms with Gasteiger partial charge in [0.05, 0.1) is 27.0 Å². The molecule has 32 heavy (non-hydrogen) atoms. The molecule has 7 nitrogen and oxygen atoms in total. The van der Waals surface area contributed by atoms with Crippen molar-refractivity contribution >= 4 is 38.9 Å². The number of carbonyl (C=O) groups is 1. The molecule has 170 valence electrons. The number of aromatic nitrogens is 2. The molecule has 1 amide bonds. The number of nitrogens with zero attached hydrogens (tertiary/aromatic N) is 2. The summed E-state index contributed by atoms with van der Waals surface area (Å²) in [4.78, 5) is 12.9. The number of benzene rings is 2. The largest absolute Gasteiger partial charge is 0.323 e. The highest BCUT2D eigenvalue weighted by atomic mass is 35.5. The highest BCUT2D eigenvalue weighted by molar-refractivity contribution is 7.92. The second-order valence-electron chi connectivity index (χ2n) is 8.06. The fourth-order valence-corrected chi connectivity index (χ4v) is 5.60. The molecule has 0 radical (unpaired) electrons. The first-order valence-electron chi connectivity index (χ1n) is 10.1. The van der Waals surface area contributed by atoms with E-state index in [-0.39, 0.29) is 15.8 Å². The Kier molecular flexibility index (Phi) is 6.67. The zero-order valence-electron chi connectivity index (χ0n) is 18.9. The van der Waals surface area contributed by atoms with Gasteiger partial charge in [0.1, 0.15) is 6.04 Å². The predicted octanol–water partition coefficient (Wildman–Crippen LogP) is 5.08. The summed E-state index contributed by atoms with van der Waals surface area (Å²) in [6, 6.07) is 9.63. The Morgan fingerprint density at radius 3 is 2.19 bits per heavy atom. The minimum Gasteiger partial charge on any atom is -0.323 e. The maximum absolute atomic E-state index is 13.0. The third-order valence-electron chi connectivity index (χ3n) is 5.14. The molecular weight excluding hydrogens is 448 g/mol. The van der Waals surface area contributed by atoms with Crippen molar-refractivity contribution < 1.29 is 13.2 Å². The number of amides is 1. The average Bonchev–Trinajstić information content (AvgIpc) is 2.99. The number of nitrogens with one attached hydrogen (secondary N) is 2. The minimum absolute atomic E-state index is 0.219. The summed E-state index contributed by atoms with van der Waals surface area (Å²) < 4.78 is 30.2. The number of hydrogen-bond acceptors (Lipinski definition) is 4. The van der Waals surface area contributed by atoms with Crippen molar-refractivity contribution in [2.75, 3.05) is 10.0 Å². The van der Waals surface area contributed by atoms with Gasteiger partial charge >= 0.3 is 0 Å². The maximum Gasteiger partial charge on any atom is 0.262 e. The molecule has 0 bridgehead atoms. The van der Waals surface area contributed by atoms with Crippen molar-refractivity contribution in [3.05, 3.63) is 69.5 Å². The van der Waals surface area contributed by atoms with Crippen LogP contribution in [0.3, 0.4) is 0 Å². The van der Waals surface area contributed by atoms with E-state index < -0.39 is 16.1 Å². The first-order valence-corrected chi connectivity index (χ1v) is 12.0. The first-order chi connectivity index (χ1) is 14.9. The van der Waals surface area contributed by atoms with Gasteiger partial charge in [-0.3, -0.25) is 14.2 Å². The second-order valence-corrected chi connectivity index (χ2v) is 10.1. The first kappa shape index (κ1) is 23.8. The van der Waals surface area contributed by atoms with Gasteiger partial charge < -0.3 is 5.32 Å². The Bertz CT molecular complexity index is 1280. The van der Waals surface area contributed by atoms with Crippen molar-refractivity contribution in [1.29, 1.82) is 0 Å². The molecule has 0 saturated heterocycles. The van der Waals surface area contributed by atoms with E-state index in [1.807, 2.05) is 39.0 Å². The van der Waals surface area contributed by atoms with Crippen LogP contribution < -0.4 is 10.0 Å². The van der Waals surface area contributed by atoms with Gasteiger partial charge in [0.15, 0.2) is 0 Å². The molecule has 0 aliphatic carbocycles. The van der Waals surface area contributed by atoms with Crippen LogP contribution in [0.4, 0.5) is 11.4 Å². The van der Waals surface area contributed by atoms with Crippen LogP contribution in [0.25, 0.3) is 0 Å². The van der Waals surface area contributed by atoms with E-state index in [2.05, 4.69) is 15.1 Å². The molecular formula is C23H27ClN4O3S. The van der Waals surface area contributed by atoms with Gasteiger partial charge in [0, 0.05) is 5.69 Å². The molecule has 1 aromatic heterocycles. The van der Waals surface area contributed by atoms with E-state index in [0.29, 0.717) is 22.5 Å². The Balaban J connectivity index is 1.79. The number of aryl methyl sites for hydroxylation is 5. The minimum atomic E-state index is -3.80. The van der Waals surface area contributed by atoms with Gasteiger partial charge in [-0.05, 0) is 76.9 Å². The second kappa shape index (κ2) is 8.96. The zero-order chi connectivity index (χ0) is 23.8. The lowest BCUT2D eigenvalue weighted by atomic mass is 10.1. The summed E-state index contributed by atoms with van der Waals surface area (Å²) in [5, 5.41) is 7.35. The summed E-state index contributed by atoms with van der Waals surface area (Å²) in [5.74, 6) is -0.280. The van der Waals surface area contributed by atoms with E-state index >= 15 is 0 Å². The van der Waals surface area contributed by atoms with Gasteiger partial charge in [0.2, 0.25) is 5.91 Å². The Hall–Kier alpha value is -2.84. The highest BCUT2D eigenvalue weighted by Crippen LogP contribution is 2.29. The fourth-order valence-electron chi connectivity index (χ4n) is 3.86. The predicted molar refractivity (Wildman–Crippen MR) is 128 cm³/mol. The highest BCUT2D eigenvalue weighted by Gasteiger charge is 2.22. The Morgan fingerprint density at radius 2 is 1.66 bits per heavy atom. The standard InChI is InChI=1S/C23H27ClN4O3S/c1-13-9-14(2)22(15(3)10-13)32(30,31)27-19-7-8-21(20(24)12-19)25-23(29)18(6)28-17(5)11-16(4)26-28/h7-12,18,27H,1-6H3,(H,25,29).